The molecule has 0 amide bonds. The van der Waals surface area contributed by atoms with E-state index in [9.17, 15) is 0 Å². The number of nitrogens with one attached hydrogen (secondary N) is 2. The van der Waals surface area contributed by atoms with Gasteiger partial charge in [-0.25, -0.2) is 4.98 Å². The van der Waals surface area contributed by atoms with Gasteiger partial charge in [0.05, 0.1) is 6.26 Å². The summed E-state index contributed by atoms with van der Waals surface area (Å²) in [5.41, 5.74) is 0. The number of furan rings is 1. The van der Waals surface area contributed by atoms with Crippen LogP contribution in [0.4, 0.5) is 0 Å². The van der Waals surface area contributed by atoms with Crippen molar-refractivity contribution in [2.24, 2.45) is 16.8 Å². The van der Waals surface area contributed by atoms with Gasteiger partial charge >= 0.3 is 0 Å². The molecule has 9 heteroatoms. The van der Waals surface area contributed by atoms with Crippen molar-refractivity contribution in [1.29, 1.82) is 0 Å². The summed E-state index contributed by atoms with van der Waals surface area (Å²) in [6.07, 6.45) is 8.26. The van der Waals surface area contributed by atoms with Crippen LogP contribution >= 0.6 is 24.0 Å². The molecule has 164 valence electrons. The van der Waals surface area contributed by atoms with Crippen molar-refractivity contribution in [3.63, 3.8) is 0 Å². The molecule has 5 rings (SSSR count). The fourth-order valence-corrected chi connectivity index (χ4v) is 5.47. The van der Waals surface area contributed by atoms with Gasteiger partial charge in [0, 0.05) is 52.2 Å². The van der Waals surface area contributed by atoms with Crippen LogP contribution < -0.4 is 5.32 Å². The molecule has 3 heterocycles. The van der Waals surface area contributed by atoms with E-state index in [-0.39, 0.29) is 24.0 Å². The third-order valence-corrected chi connectivity index (χ3v) is 6.91. The predicted molar refractivity (Wildman–Crippen MR) is 127 cm³/mol. The molecular weight excluding hydrogens is 493 g/mol. The summed E-state index contributed by atoms with van der Waals surface area (Å²) >= 11 is 0. The quantitative estimate of drug-likeness (QED) is 0.355. The maximum Gasteiger partial charge on any atom is 0.216 e. The van der Waals surface area contributed by atoms with Gasteiger partial charge in [-0.3, -0.25) is 15.0 Å². The van der Waals surface area contributed by atoms with Crippen LogP contribution in [0.3, 0.4) is 0 Å². The number of piperazine rings is 1. The molecule has 2 aliphatic carbocycles. The largest absolute Gasteiger partial charge is 0.461 e. The lowest BCUT2D eigenvalue weighted by Gasteiger charge is -2.41. The second-order valence-corrected chi connectivity index (χ2v) is 8.57. The fraction of sp³-hybridized carbons (Fsp3) is 0.667. The molecule has 2 N–H and O–H groups in total. The minimum atomic E-state index is 0. The predicted octanol–water partition coefficient (Wildman–Crippen LogP) is 2.61. The van der Waals surface area contributed by atoms with Crippen LogP contribution in [0.1, 0.15) is 31.5 Å². The Hall–Kier alpha value is -1.62. The molecule has 3 aliphatic rings. The molecule has 2 bridgehead atoms. The van der Waals surface area contributed by atoms with E-state index < -0.39 is 0 Å². The molecule has 3 fully saturated rings. The summed E-state index contributed by atoms with van der Waals surface area (Å²) in [7, 11) is 1.87. The summed E-state index contributed by atoms with van der Waals surface area (Å²) in [5.74, 6) is 5.11. The first-order chi connectivity index (χ1) is 14.3. The number of aromatic nitrogens is 3. The van der Waals surface area contributed by atoms with Gasteiger partial charge in [0.25, 0.3) is 0 Å². The Morgan fingerprint density at radius 2 is 2.13 bits per heavy atom. The third-order valence-electron chi connectivity index (χ3n) is 6.91. The van der Waals surface area contributed by atoms with Gasteiger partial charge in [-0.2, -0.15) is 5.10 Å². The number of hydrogen-bond donors (Lipinski definition) is 2. The zero-order valence-electron chi connectivity index (χ0n) is 17.6. The van der Waals surface area contributed by atoms with Crippen molar-refractivity contribution >= 4 is 29.9 Å². The lowest BCUT2D eigenvalue weighted by atomic mass is 9.93. The topological polar surface area (TPSA) is 85.6 Å². The minimum Gasteiger partial charge on any atom is -0.461 e. The van der Waals surface area contributed by atoms with E-state index in [1.807, 2.05) is 19.2 Å². The first kappa shape index (κ1) is 21.6. The number of hydrogen-bond acceptors (Lipinski definition) is 5. The van der Waals surface area contributed by atoms with Crippen molar-refractivity contribution < 1.29 is 4.42 Å². The number of aromatic amines is 1. The van der Waals surface area contributed by atoms with Crippen molar-refractivity contribution in [3.05, 3.63) is 24.2 Å². The van der Waals surface area contributed by atoms with Gasteiger partial charge in [0.1, 0.15) is 5.82 Å². The number of fused-ring (bicyclic) bond motifs is 2. The number of guanidine groups is 1. The number of rotatable bonds is 5. The summed E-state index contributed by atoms with van der Waals surface area (Å²) in [6.45, 7) is 5.19. The van der Waals surface area contributed by atoms with E-state index in [4.69, 9.17) is 4.42 Å². The highest BCUT2D eigenvalue weighted by atomic mass is 127. The van der Waals surface area contributed by atoms with Crippen LogP contribution in [0.25, 0.3) is 11.6 Å². The van der Waals surface area contributed by atoms with Gasteiger partial charge in [-0.1, -0.05) is 6.42 Å². The second-order valence-electron chi connectivity index (χ2n) is 8.57. The lowest BCUT2D eigenvalue weighted by Crippen LogP contribution is -2.55. The van der Waals surface area contributed by atoms with Crippen molar-refractivity contribution in [1.82, 2.24) is 30.3 Å². The molecule has 8 nitrogen and oxygen atoms in total. The van der Waals surface area contributed by atoms with E-state index in [1.165, 1.54) is 25.7 Å². The summed E-state index contributed by atoms with van der Waals surface area (Å²) in [5, 5.41) is 10.7. The highest BCUT2D eigenvalue weighted by molar-refractivity contribution is 14.0. The van der Waals surface area contributed by atoms with E-state index in [2.05, 4.69) is 35.3 Å². The lowest BCUT2D eigenvalue weighted by molar-refractivity contribution is 0.0959. The van der Waals surface area contributed by atoms with Gasteiger partial charge < -0.3 is 14.6 Å². The molecule has 2 aromatic rings. The molecule has 0 aromatic carbocycles. The molecule has 0 radical (unpaired) electrons. The Labute approximate surface area is 194 Å². The zero-order chi connectivity index (χ0) is 19.6. The van der Waals surface area contributed by atoms with Crippen LogP contribution in [0.2, 0.25) is 0 Å². The maximum absolute atomic E-state index is 5.34. The fourth-order valence-electron chi connectivity index (χ4n) is 5.47. The highest BCUT2D eigenvalue weighted by Gasteiger charge is 2.42. The van der Waals surface area contributed by atoms with Crippen LogP contribution in [-0.4, -0.2) is 76.8 Å². The van der Waals surface area contributed by atoms with Gasteiger partial charge in [-0.15, -0.1) is 24.0 Å². The Morgan fingerprint density at radius 3 is 2.80 bits per heavy atom. The summed E-state index contributed by atoms with van der Waals surface area (Å²) in [4.78, 5) is 14.1. The molecule has 1 saturated heterocycles. The summed E-state index contributed by atoms with van der Waals surface area (Å²) < 4.78 is 5.34. The van der Waals surface area contributed by atoms with Crippen LogP contribution in [0, 0.1) is 11.8 Å². The summed E-state index contributed by atoms with van der Waals surface area (Å²) in [6, 6.07) is 4.55. The number of aliphatic imine (C=N–C) groups is 1. The van der Waals surface area contributed by atoms with E-state index in [0.717, 1.165) is 68.8 Å². The molecule has 2 saturated carbocycles. The number of H-pyrrole nitrogens is 1. The maximum atomic E-state index is 5.34. The molecule has 2 aromatic heterocycles. The highest BCUT2D eigenvalue weighted by Crippen LogP contribution is 2.46. The Bertz CT molecular complexity index is 828. The van der Waals surface area contributed by atoms with Gasteiger partial charge in [0.2, 0.25) is 5.82 Å². The molecule has 1 aliphatic heterocycles. The Kier molecular flexibility index (Phi) is 6.97. The SMILES string of the molecule is CN=C(NCCc1nc(-c2ccco2)n[nH]1)N1CCN(C2CC3CCC2C3)CC1.I. The van der Waals surface area contributed by atoms with Crippen molar-refractivity contribution in [2.45, 2.75) is 38.1 Å². The Morgan fingerprint density at radius 1 is 1.27 bits per heavy atom. The van der Waals surface area contributed by atoms with Crippen molar-refractivity contribution in [3.8, 4) is 11.6 Å². The number of nitrogens with zero attached hydrogens (tertiary/aromatic N) is 5. The van der Waals surface area contributed by atoms with Gasteiger partial charge in [-0.05, 0) is 43.2 Å². The van der Waals surface area contributed by atoms with Crippen LogP contribution in [0.15, 0.2) is 27.8 Å². The third kappa shape index (κ3) is 4.51. The molecular formula is C21H32IN7O. The first-order valence-electron chi connectivity index (χ1n) is 10.9. The average molecular weight is 525 g/mol. The number of halogens is 1. The van der Waals surface area contributed by atoms with E-state index >= 15 is 0 Å². The van der Waals surface area contributed by atoms with E-state index in [0.29, 0.717) is 11.6 Å². The van der Waals surface area contributed by atoms with Crippen molar-refractivity contribution in [2.75, 3.05) is 39.8 Å². The smallest absolute Gasteiger partial charge is 0.216 e. The van der Waals surface area contributed by atoms with Crippen LogP contribution in [0.5, 0.6) is 0 Å². The normalized spacial score (nSPS) is 26.8. The molecule has 3 atom stereocenters. The monoisotopic (exact) mass is 525 g/mol. The van der Waals surface area contributed by atoms with E-state index in [1.54, 1.807) is 6.26 Å². The standard InChI is InChI=1S/C21H31N7O.HI/c1-22-21(23-7-6-19-24-20(26-25-19)18-3-2-12-29-18)28-10-8-27(9-11-28)17-14-15-4-5-16(17)13-15;/h2-3,12,15-17H,4-11,13-14H2,1H3,(H,22,23)(H,24,25,26);1H. The second kappa shape index (κ2) is 9.67. The minimum absolute atomic E-state index is 0. The first-order valence-corrected chi connectivity index (χ1v) is 10.9. The molecule has 3 unspecified atom stereocenters. The molecule has 30 heavy (non-hydrogen) atoms. The Balaban J connectivity index is 0.00000218. The van der Waals surface area contributed by atoms with Crippen LogP contribution in [-0.2, 0) is 6.42 Å². The average Bonchev–Trinajstić information content (AvgIpc) is 3.55. The van der Waals surface area contributed by atoms with Gasteiger partial charge in [0.15, 0.2) is 11.7 Å². The molecule has 0 spiro atoms. The zero-order valence-corrected chi connectivity index (χ0v) is 19.9.